The van der Waals surface area contributed by atoms with Gasteiger partial charge in [0, 0.05) is 30.5 Å². The number of hydrogen-bond donors (Lipinski definition) is 2. The second kappa shape index (κ2) is 9.21. The first kappa shape index (κ1) is 18.9. The van der Waals surface area contributed by atoms with Crippen LogP contribution >= 0.6 is 0 Å². The number of nitrogens with one attached hydrogen (secondary N) is 2. The zero-order chi connectivity index (χ0) is 19.1. The number of rotatable bonds is 6. The summed E-state index contributed by atoms with van der Waals surface area (Å²) in [7, 11) is 0. The normalized spacial score (nSPS) is 13.9. The Morgan fingerprint density at radius 2 is 1.89 bits per heavy atom. The summed E-state index contributed by atoms with van der Waals surface area (Å²) in [6.45, 7) is 6.85. The van der Waals surface area contributed by atoms with Crippen molar-refractivity contribution >= 4 is 17.5 Å². The molecule has 0 saturated carbocycles. The molecule has 1 saturated heterocycles. The molecule has 1 aromatic carbocycles. The van der Waals surface area contributed by atoms with Gasteiger partial charge in [-0.3, -0.25) is 0 Å². The smallest absolute Gasteiger partial charge is 0.319 e. The summed E-state index contributed by atoms with van der Waals surface area (Å²) >= 11 is 0. The molecule has 0 bridgehead atoms. The lowest BCUT2D eigenvalue weighted by Crippen LogP contribution is -2.32. The highest BCUT2D eigenvalue weighted by molar-refractivity contribution is 5.89. The van der Waals surface area contributed by atoms with E-state index >= 15 is 0 Å². The maximum atomic E-state index is 12.1. The third-order valence-electron chi connectivity index (χ3n) is 4.40. The van der Waals surface area contributed by atoms with Crippen LogP contribution in [-0.4, -0.2) is 35.7 Å². The summed E-state index contributed by atoms with van der Waals surface area (Å²) in [6, 6.07) is 8.99. The molecule has 1 aliphatic rings. The summed E-state index contributed by atoms with van der Waals surface area (Å²) < 4.78 is 5.39. The lowest BCUT2D eigenvalue weighted by atomic mass is 10.1. The van der Waals surface area contributed by atoms with E-state index in [-0.39, 0.29) is 12.6 Å². The molecular formula is C20H27N5O2. The van der Waals surface area contributed by atoms with Crippen molar-refractivity contribution in [2.75, 3.05) is 29.9 Å². The monoisotopic (exact) mass is 369 g/mol. The van der Waals surface area contributed by atoms with Crippen LogP contribution in [0.3, 0.4) is 0 Å². The molecule has 2 amide bonds. The van der Waals surface area contributed by atoms with E-state index in [0.29, 0.717) is 18.1 Å². The fraction of sp³-hybridized carbons (Fsp3) is 0.450. The van der Waals surface area contributed by atoms with Crippen molar-refractivity contribution < 1.29 is 9.53 Å². The Balaban J connectivity index is 1.55. The number of amides is 2. The van der Waals surface area contributed by atoms with Crippen LogP contribution in [0, 0.1) is 6.92 Å². The SMILES string of the molecule is CCOc1ccc(NC(=O)NCc2nc(C)cc(N3CCCCC3)n2)cc1. The molecule has 7 nitrogen and oxygen atoms in total. The minimum absolute atomic E-state index is 0.283. The molecule has 0 radical (unpaired) electrons. The van der Waals surface area contributed by atoms with Crippen LogP contribution in [-0.2, 0) is 6.54 Å². The van der Waals surface area contributed by atoms with Crippen LogP contribution in [0.5, 0.6) is 5.75 Å². The lowest BCUT2D eigenvalue weighted by Gasteiger charge is -2.28. The molecule has 27 heavy (non-hydrogen) atoms. The number of benzene rings is 1. The second-order valence-electron chi connectivity index (χ2n) is 6.60. The van der Waals surface area contributed by atoms with Gasteiger partial charge in [-0.25, -0.2) is 14.8 Å². The lowest BCUT2D eigenvalue weighted by molar-refractivity contribution is 0.251. The van der Waals surface area contributed by atoms with E-state index in [1.807, 2.05) is 44.2 Å². The summed E-state index contributed by atoms with van der Waals surface area (Å²) in [6.07, 6.45) is 3.67. The van der Waals surface area contributed by atoms with Gasteiger partial charge in [0.2, 0.25) is 0 Å². The molecule has 2 N–H and O–H groups in total. The standard InChI is InChI=1S/C20H27N5O2/c1-3-27-17-9-7-16(8-10-17)23-20(26)21-14-18-22-15(2)13-19(24-18)25-11-5-4-6-12-25/h7-10,13H,3-6,11-12,14H2,1-2H3,(H2,21,23,26). The topological polar surface area (TPSA) is 79.4 Å². The fourth-order valence-electron chi connectivity index (χ4n) is 3.11. The number of ether oxygens (including phenoxy) is 1. The predicted molar refractivity (Wildman–Crippen MR) is 106 cm³/mol. The molecule has 2 heterocycles. The van der Waals surface area contributed by atoms with Gasteiger partial charge >= 0.3 is 6.03 Å². The third kappa shape index (κ3) is 5.57. The first-order valence-corrected chi connectivity index (χ1v) is 9.51. The first-order chi connectivity index (χ1) is 13.1. The minimum Gasteiger partial charge on any atom is -0.494 e. The molecule has 2 aromatic rings. The Morgan fingerprint density at radius 1 is 1.15 bits per heavy atom. The molecule has 0 unspecified atom stereocenters. The van der Waals surface area contributed by atoms with Crippen molar-refractivity contribution in [1.82, 2.24) is 15.3 Å². The zero-order valence-electron chi connectivity index (χ0n) is 16.0. The third-order valence-corrected chi connectivity index (χ3v) is 4.40. The highest BCUT2D eigenvalue weighted by Gasteiger charge is 2.14. The van der Waals surface area contributed by atoms with Crippen molar-refractivity contribution in [2.45, 2.75) is 39.7 Å². The van der Waals surface area contributed by atoms with Crippen molar-refractivity contribution in [1.29, 1.82) is 0 Å². The number of piperidine rings is 1. The van der Waals surface area contributed by atoms with Crippen LogP contribution in [0.15, 0.2) is 30.3 Å². The van der Waals surface area contributed by atoms with E-state index in [1.54, 1.807) is 0 Å². The van der Waals surface area contributed by atoms with Crippen molar-refractivity contribution in [3.63, 3.8) is 0 Å². The molecule has 1 aliphatic heterocycles. The Hall–Kier alpha value is -2.83. The Bertz CT molecular complexity index is 757. The van der Waals surface area contributed by atoms with Crippen LogP contribution in [0.1, 0.15) is 37.7 Å². The molecule has 3 rings (SSSR count). The van der Waals surface area contributed by atoms with Crippen LogP contribution in [0.2, 0.25) is 0 Å². The molecule has 0 atom stereocenters. The highest BCUT2D eigenvalue weighted by atomic mass is 16.5. The van der Waals surface area contributed by atoms with E-state index < -0.39 is 0 Å². The number of anilines is 2. The van der Waals surface area contributed by atoms with Gasteiger partial charge in [-0.05, 0) is 57.4 Å². The van der Waals surface area contributed by atoms with E-state index in [9.17, 15) is 4.79 Å². The number of nitrogens with zero attached hydrogens (tertiary/aromatic N) is 3. The highest BCUT2D eigenvalue weighted by Crippen LogP contribution is 2.18. The Morgan fingerprint density at radius 3 is 2.59 bits per heavy atom. The van der Waals surface area contributed by atoms with Gasteiger partial charge in [0.1, 0.15) is 17.4 Å². The van der Waals surface area contributed by atoms with Gasteiger partial charge in [0.15, 0.2) is 0 Å². The molecular weight excluding hydrogens is 342 g/mol. The predicted octanol–water partition coefficient (Wildman–Crippen LogP) is 3.50. The summed E-state index contributed by atoms with van der Waals surface area (Å²) in [5, 5.41) is 5.62. The summed E-state index contributed by atoms with van der Waals surface area (Å²) in [4.78, 5) is 23.5. The molecule has 1 fully saturated rings. The molecule has 0 spiro atoms. The average molecular weight is 369 g/mol. The van der Waals surface area contributed by atoms with Crippen molar-refractivity contribution in [2.24, 2.45) is 0 Å². The number of hydrogen-bond acceptors (Lipinski definition) is 5. The molecule has 144 valence electrons. The molecule has 7 heteroatoms. The number of carbonyl (C=O) groups is 1. The maximum absolute atomic E-state index is 12.1. The zero-order valence-corrected chi connectivity index (χ0v) is 16.0. The summed E-state index contributed by atoms with van der Waals surface area (Å²) in [5.74, 6) is 2.35. The van der Waals surface area contributed by atoms with Crippen molar-refractivity contribution in [3.05, 3.63) is 41.9 Å². The largest absolute Gasteiger partial charge is 0.494 e. The van der Waals surface area contributed by atoms with E-state index in [1.165, 1.54) is 19.3 Å². The van der Waals surface area contributed by atoms with Crippen LogP contribution in [0.25, 0.3) is 0 Å². The minimum atomic E-state index is -0.288. The Labute approximate surface area is 160 Å². The van der Waals surface area contributed by atoms with E-state index in [0.717, 1.165) is 30.4 Å². The Kier molecular flexibility index (Phi) is 6.46. The second-order valence-corrected chi connectivity index (χ2v) is 6.60. The van der Waals surface area contributed by atoms with Crippen molar-refractivity contribution in [3.8, 4) is 5.75 Å². The van der Waals surface area contributed by atoms with Gasteiger partial charge < -0.3 is 20.3 Å². The van der Waals surface area contributed by atoms with E-state index in [2.05, 4.69) is 25.5 Å². The molecule has 1 aromatic heterocycles. The van der Waals surface area contributed by atoms with Gasteiger partial charge in [-0.1, -0.05) is 0 Å². The number of carbonyl (C=O) groups excluding carboxylic acids is 1. The first-order valence-electron chi connectivity index (χ1n) is 9.51. The fourth-order valence-corrected chi connectivity index (χ4v) is 3.11. The van der Waals surface area contributed by atoms with Gasteiger partial charge in [0.25, 0.3) is 0 Å². The van der Waals surface area contributed by atoms with E-state index in [4.69, 9.17) is 4.74 Å². The quantitative estimate of drug-likeness (QED) is 0.815. The van der Waals surface area contributed by atoms with Gasteiger partial charge in [0.05, 0.1) is 13.2 Å². The van der Waals surface area contributed by atoms with Crippen LogP contribution in [0.4, 0.5) is 16.3 Å². The number of urea groups is 1. The van der Waals surface area contributed by atoms with Gasteiger partial charge in [-0.15, -0.1) is 0 Å². The average Bonchev–Trinajstić information content (AvgIpc) is 2.68. The summed E-state index contributed by atoms with van der Waals surface area (Å²) in [5.41, 5.74) is 1.62. The van der Waals surface area contributed by atoms with Crippen LogP contribution < -0.4 is 20.3 Å². The molecule has 0 aliphatic carbocycles. The van der Waals surface area contributed by atoms with Gasteiger partial charge in [-0.2, -0.15) is 0 Å². The maximum Gasteiger partial charge on any atom is 0.319 e. The number of aromatic nitrogens is 2. The number of aryl methyl sites for hydroxylation is 1.